The van der Waals surface area contributed by atoms with Crippen LogP contribution < -0.4 is 0 Å². The molecule has 0 N–H and O–H groups in total. The average molecular weight is 437 g/mol. The molecular weight excluding hydrogens is 410 g/mol. The van der Waals surface area contributed by atoms with Crippen LogP contribution in [-0.2, 0) is 4.79 Å². The number of nitriles is 1. The molecule has 1 amide bonds. The standard InChI is InChI=1S/C25H26F2N4O/c1-4-5-20(17(2)23-8-11-29-16-30-23)24(32)31-12-9-25(15-28,10-13-31)18(3)21-7-6-19(26)14-22(21)27/h4-8,11,14,16,18H,9-10,12-13H2,1-3H3/b5-4-,20-17-. The topological polar surface area (TPSA) is 69.9 Å². The predicted octanol–water partition coefficient (Wildman–Crippen LogP) is 5.04. The van der Waals surface area contributed by atoms with E-state index in [9.17, 15) is 18.8 Å². The second kappa shape index (κ2) is 9.82. The predicted molar refractivity (Wildman–Crippen MR) is 118 cm³/mol. The first kappa shape index (κ1) is 23.3. The molecule has 1 atom stereocenters. The molecule has 0 aliphatic carbocycles. The first-order valence-corrected chi connectivity index (χ1v) is 10.6. The Morgan fingerprint density at radius 1 is 1.28 bits per heavy atom. The monoisotopic (exact) mass is 436 g/mol. The normalized spacial score (nSPS) is 17.6. The minimum atomic E-state index is -0.832. The largest absolute Gasteiger partial charge is 0.339 e. The molecule has 1 aliphatic heterocycles. The van der Waals surface area contributed by atoms with Crippen LogP contribution in [0, 0.1) is 28.4 Å². The summed E-state index contributed by atoms with van der Waals surface area (Å²) in [6, 6.07) is 7.60. The molecule has 1 aliphatic rings. The summed E-state index contributed by atoms with van der Waals surface area (Å²) >= 11 is 0. The molecule has 32 heavy (non-hydrogen) atoms. The molecule has 1 saturated heterocycles. The van der Waals surface area contributed by atoms with E-state index >= 15 is 0 Å². The van der Waals surface area contributed by atoms with Crippen molar-refractivity contribution in [3.05, 3.63) is 77.4 Å². The van der Waals surface area contributed by atoms with Gasteiger partial charge in [-0.2, -0.15) is 5.26 Å². The van der Waals surface area contributed by atoms with Crippen molar-refractivity contribution in [2.75, 3.05) is 13.1 Å². The van der Waals surface area contributed by atoms with E-state index < -0.39 is 23.0 Å². The number of halogens is 2. The van der Waals surface area contributed by atoms with Crippen LogP contribution in [0.5, 0.6) is 0 Å². The van der Waals surface area contributed by atoms with Gasteiger partial charge in [-0.15, -0.1) is 0 Å². The number of benzene rings is 1. The van der Waals surface area contributed by atoms with E-state index in [2.05, 4.69) is 16.0 Å². The minimum absolute atomic E-state index is 0.133. The van der Waals surface area contributed by atoms with Gasteiger partial charge >= 0.3 is 0 Å². The lowest BCUT2D eigenvalue weighted by Crippen LogP contribution is -2.45. The zero-order valence-corrected chi connectivity index (χ0v) is 18.5. The van der Waals surface area contributed by atoms with Crippen molar-refractivity contribution in [3.63, 3.8) is 0 Å². The van der Waals surface area contributed by atoms with E-state index in [0.29, 0.717) is 42.8 Å². The molecule has 7 heteroatoms. The summed E-state index contributed by atoms with van der Waals surface area (Å²) in [6.45, 7) is 6.23. The van der Waals surface area contributed by atoms with Gasteiger partial charge in [-0.25, -0.2) is 18.7 Å². The maximum Gasteiger partial charge on any atom is 0.254 e. The van der Waals surface area contributed by atoms with Crippen LogP contribution in [0.3, 0.4) is 0 Å². The first-order valence-electron chi connectivity index (χ1n) is 10.6. The zero-order valence-electron chi connectivity index (χ0n) is 18.5. The Hall–Kier alpha value is -3.40. The molecule has 1 aromatic heterocycles. The van der Waals surface area contributed by atoms with Gasteiger partial charge in [0.25, 0.3) is 5.91 Å². The van der Waals surface area contributed by atoms with Crippen molar-refractivity contribution in [2.24, 2.45) is 5.41 Å². The third kappa shape index (κ3) is 4.59. The van der Waals surface area contributed by atoms with Crippen LogP contribution in [-0.4, -0.2) is 33.9 Å². The maximum absolute atomic E-state index is 14.4. The molecule has 0 radical (unpaired) electrons. The van der Waals surface area contributed by atoms with Crippen LogP contribution >= 0.6 is 0 Å². The number of carbonyl (C=O) groups excluding carboxylic acids is 1. The molecule has 166 valence electrons. The molecular formula is C25H26F2N4O. The number of aromatic nitrogens is 2. The highest BCUT2D eigenvalue weighted by Gasteiger charge is 2.42. The lowest BCUT2D eigenvalue weighted by molar-refractivity contribution is -0.128. The Kier molecular flexibility index (Phi) is 7.14. The Labute approximate surface area is 187 Å². The summed E-state index contributed by atoms with van der Waals surface area (Å²) in [5, 5.41) is 9.99. The number of allylic oxidation sites excluding steroid dienone is 2. The Morgan fingerprint density at radius 3 is 2.56 bits per heavy atom. The minimum Gasteiger partial charge on any atom is -0.339 e. The summed E-state index contributed by atoms with van der Waals surface area (Å²) in [6.07, 6.45) is 7.45. The van der Waals surface area contributed by atoms with Crippen LogP contribution in [0.4, 0.5) is 8.78 Å². The number of carbonyl (C=O) groups is 1. The van der Waals surface area contributed by atoms with Gasteiger partial charge in [-0.1, -0.05) is 25.1 Å². The number of hydrogen-bond donors (Lipinski definition) is 0. The van der Waals surface area contributed by atoms with Gasteiger partial charge in [0, 0.05) is 36.8 Å². The number of likely N-dealkylation sites (tertiary alicyclic amines) is 1. The van der Waals surface area contributed by atoms with E-state index in [1.807, 2.05) is 13.8 Å². The number of nitrogens with zero attached hydrogens (tertiary/aromatic N) is 4. The molecule has 1 unspecified atom stereocenters. The lowest BCUT2D eigenvalue weighted by Gasteiger charge is -2.41. The van der Waals surface area contributed by atoms with Crippen molar-refractivity contribution >= 4 is 11.5 Å². The fourth-order valence-electron chi connectivity index (χ4n) is 4.24. The lowest BCUT2D eigenvalue weighted by atomic mass is 9.68. The fourth-order valence-corrected chi connectivity index (χ4v) is 4.24. The van der Waals surface area contributed by atoms with Gasteiger partial charge in [0.05, 0.1) is 17.2 Å². The summed E-state index contributed by atoms with van der Waals surface area (Å²) in [7, 11) is 0. The summed E-state index contributed by atoms with van der Waals surface area (Å²) in [4.78, 5) is 23.2. The van der Waals surface area contributed by atoms with Crippen molar-refractivity contribution in [3.8, 4) is 6.07 Å². The van der Waals surface area contributed by atoms with Crippen molar-refractivity contribution in [1.29, 1.82) is 5.26 Å². The van der Waals surface area contributed by atoms with E-state index in [-0.39, 0.29) is 5.91 Å². The second-order valence-corrected chi connectivity index (χ2v) is 8.08. The molecule has 2 heterocycles. The first-order chi connectivity index (χ1) is 15.3. The summed E-state index contributed by atoms with van der Waals surface area (Å²) in [5.41, 5.74) is 1.44. The Morgan fingerprint density at radius 2 is 2.00 bits per heavy atom. The maximum atomic E-state index is 14.4. The zero-order chi connectivity index (χ0) is 23.3. The average Bonchev–Trinajstić information content (AvgIpc) is 2.82. The van der Waals surface area contributed by atoms with E-state index in [1.54, 1.807) is 36.2 Å². The van der Waals surface area contributed by atoms with E-state index in [4.69, 9.17) is 0 Å². The van der Waals surface area contributed by atoms with Gasteiger partial charge in [0.2, 0.25) is 0 Å². The summed E-state index contributed by atoms with van der Waals surface area (Å²) < 4.78 is 27.7. The van der Waals surface area contributed by atoms with Crippen LogP contribution in [0.2, 0.25) is 0 Å². The molecule has 3 rings (SSSR count). The molecule has 5 nitrogen and oxygen atoms in total. The SMILES string of the molecule is C/C=C\C(C(=O)N1CCC(C#N)(C(C)c2ccc(F)cc2F)CC1)=C(/C)c1ccncn1. The highest BCUT2D eigenvalue weighted by Crippen LogP contribution is 2.44. The van der Waals surface area contributed by atoms with Crippen molar-refractivity contribution < 1.29 is 13.6 Å². The van der Waals surface area contributed by atoms with Crippen molar-refractivity contribution in [1.82, 2.24) is 14.9 Å². The van der Waals surface area contributed by atoms with Gasteiger partial charge < -0.3 is 4.90 Å². The molecule has 1 aromatic carbocycles. The Bertz CT molecular complexity index is 1080. The Balaban J connectivity index is 1.82. The van der Waals surface area contributed by atoms with Crippen molar-refractivity contribution in [2.45, 2.75) is 39.5 Å². The van der Waals surface area contributed by atoms with Gasteiger partial charge in [0.1, 0.15) is 18.0 Å². The molecule has 1 fully saturated rings. The molecule has 0 spiro atoms. The van der Waals surface area contributed by atoms with Crippen LogP contribution in [0.25, 0.3) is 5.57 Å². The fraction of sp³-hybridized carbons (Fsp3) is 0.360. The number of amides is 1. The number of rotatable bonds is 5. The van der Waals surface area contributed by atoms with Gasteiger partial charge in [0.15, 0.2) is 0 Å². The second-order valence-electron chi connectivity index (χ2n) is 8.08. The highest BCUT2D eigenvalue weighted by atomic mass is 19.1. The smallest absolute Gasteiger partial charge is 0.254 e. The quantitative estimate of drug-likeness (QED) is 0.486. The van der Waals surface area contributed by atoms with Gasteiger partial charge in [-0.3, -0.25) is 4.79 Å². The van der Waals surface area contributed by atoms with E-state index in [1.165, 1.54) is 18.5 Å². The number of hydrogen-bond acceptors (Lipinski definition) is 4. The number of piperidine rings is 1. The van der Waals surface area contributed by atoms with E-state index in [0.717, 1.165) is 11.6 Å². The molecule has 0 bridgehead atoms. The summed E-state index contributed by atoms with van der Waals surface area (Å²) in [5.74, 6) is -1.86. The third-order valence-electron chi connectivity index (χ3n) is 6.36. The van der Waals surface area contributed by atoms with Gasteiger partial charge in [-0.05, 0) is 50.0 Å². The molecule has 0 saturated carbocycles. The molecule has 2 aromatic rings. The van der Waals surface area contributed by atoms with Crippen LogP contribution in [0.15, 0.2) is 54.5 Å². The highest BCUT2D eigenvalue weighted by molar-refractivity contribution is 6.03. The third-order valence-corrected chi connectivity index (χ3v) is 6.36. The van der Waals surface area contributed by atoms with Crippen LogP contribution in [0.1, 0.15) is 50.8 Å².